The van der Waals surface area contributed by atoms with Crippen LogP contribution in [0.5, 0.6) is 5.75 Å². The maximum atomic E-state index is 10.8. The molecule has 0 aromatic heterocycles. The van der Waals surface area contributed by atoms with Crippen LogP contribution in [0.25, 0.3) is 0 Å². The number of aldehydes is 1. The second-order valence-electron chi connectivity index (χ2n) is 4.62. The number of ether oxygens (including phenoxy) is 1. The summed E-state index contributed by atoms with van der Waals surface area (Å²) in [5.74, 6) is 1.11. The highest BCUT2D eigenvalue weighted by atomic mass is 16.5. The van der Waals surface area contributed by atoms with Gasteiger partial charge in [0.25, 0.3) is 0 Å². The second kappa shape index (κ2) is 5.82. The zero-order valence-electron chi connectivity index (χ0n) is 10.3. The van der Waals surface area contributed by atoms with Crippen LogP contribution in [0, 0.1) is 5.92 Å². The monoisotopic (exact) mass is 233 g/mol. The van der Waals surface area contributed by atoms with Crippen molar-refractivity contribution in [1.82, 2.24) is 4.90 Å². The summed E-state index contributed by atoms with van der Waals surface area (Å²) in [5.41, 5.74) is 1.28. The third-order valence-electron chi connectivity index (χ3n) is 3.30. The van der Waals surface area contributed by atoms with E-state index in [4.69, 9.17) is 4.74 Å². The third-order valence-corrected chi connectivity index (χ3v) is 3.30. The van der Waals surface area contributed by atoms with Gasteiger partial charge in [-0.1, -0.05) is 12.1 Å². The maximum absolute atomic E-state index is 10.8. The van der Waals surface area contributed by atoms with Crippen LogP contribution >= 0.6 is 0 Å². The van der Waals surface area contributed by atoms with Crippen molar-refractivity contribution in [2.24, 2.45) is 5.92 Å². The Morgan fingerprint density at radius 1 is 1.41 bits per heavy atom. The Hall–Kier alpha value is -1.35. The molecule has 3 heteroatoms. The van der Waals surface area contributed by atoms with E-state index in [-0.39, 0.29) is 5.92 Å². The molecule has 0 saturated carbocycles. The van der Waals surface area contributed by atoms with Crippen LogP contribution in [0.2, 0.25) is 0 Å². The van der Waals surface area contributed by atoms with E-state index in [0.717, 1.165) is 44.5 Å². The van der Waals surface area contributed by atoms with E-state index in [1.807, 2.05) is 12.1 Å². The van der Waals surface area contributed by atoms with Crippen LogP contribution < -0.4 is 4.74 Å². The van der Waals surface area contributed by atoms with Gasteiger partial charge in [-0.05, 0) is 37.1 Å². The number of carbonyl (C=O) groups is 1. The van der Waals surface area contributed by atoms with Crippen LogP contribution in [0.4, 0.5) is 0 Å². The highest BCUT2D eigenvalue weighted by Crippen LogP contribution is 2.18. The molecule has 2 rings (SSSR count). The summed E-state index contributed by atoms with van der Waals surface area (Å²) in [6, 6.07) is 8.14. The quantitative estimate of drug-likeness (QED) is 0.746. The predicted octanol–water partition coefficient (Wildman–Crippen LogP) is 2.11. The van der Waals surface area contributed by atoms with E-state index in [1.165, 1.54) is 5.56 Å². The normalized spacial score (nSPS) is 21.1. The number of hydrogen-bond acceptors (Lipinski definition) is 3. The van der Waals surface area contributed by atoms with Gasteiger partial charge in [0.15, 0.2) is 0 Å². The van der Waals surface area contributed by atoms with Crippen LogP contribution in [-0.4, -0.2) is 31.4 Å². The van der Waals surface area contributed by atoms with Gasteiger partial charge in [0, 0.05) is 19.0 Å². The van der Waals surface area contributed by atoms with Gasteiger partial charge in [-0.25, -0.2) is 0 Å². The average molecular weight is 233 g/mol. The Morgan fingerprint density at radius 2 is 2.18 bits per heavy atom. The molecule has 0 spiro atoms. The maximum Gasteiger partial charge on any atom is 0.124 e. The number of rotatable bonds is 4. The van der Waals surface area contributed by atoms with Crippen LogP contribution in [0.3, 0.4) is 0 Å². The summed E-state index contributed by atoms with van der Waals surface area (Å²) in [4.78, 5) is 13.1. The van der Waals surface area contributed by atoms with E-state index in [0.29, 0.717) is 0 Å². The average Bonchev–Trinajstić information content (AvgIpc) is 2.40. The zero-order chi connectivity index (χ0) is 12.1. The fourth-order valence-electron chi connectivity index (χ4n) is 2.34. The van der Waals surface area contributed by atoms with Gasteiger partial charge in [0.2, 0.25) is 0 Å². The molecule has 0 aliphatic carbocycles. The first-order valence-electron chi connectivity index (χ1n) is 6.12. The number of hydrogen-bond donors (Lipinski definition) is 0. The lowest BCUT2D eigenvalue weighted by atomic mass is 9.99. The Kier molecular flexibility index (Phi) is 4.15. The zero-order valence-corrected chi connectivity index (χ0v) is 10.3. The van der Waals surface area contributed by atoms with Crippen molar-refractivity contribution in [3.63, 3.8) is 0 Å². The summed E-state index contributed by atoms with van der Waals surface area (Å²) in [5, 5.41) is 0. The van der Waals surface area contributed by atoms with Gasteiger partial charge in [-0.2, -0.15) is 0 Å². The Morgan fingerprint density at radius 3 is 2.82 bits per heavy atom. The minimum Gasteiger partial charge on any atom is -0.497 e. The number of piperidine rings is 1. The molecule has 92 valence electrons. The first-order chi connectivity index (χ1) is 8.31. The molecule has 0 amide bonds. The van der Waals surface area contributed by atoms with E-state index < -0.39 is 0 Å². The summed E-state index contributed by atoms with van der Waals surface area (Å²) in [6.45, 7) is 2.92. The molecule has 1 aromatic rings. The molecule has 0 N–H and O–H groups in total. The van der Waals surface area contributed by atoms with E-state index in [2.05, 4.69) is 17.0 Å². The number of likely N-dealkylation sites (tertiary alicyclic amines) is 1. The SMILES string of the molecule is COc1ccc(CN2CCCC(C=O)C2)cc1. The fraction of sp³-hybridized carbons (Fsp3) is 0.500. The van der Waals surface area contributed by atoms with Gasteiger partial charge in [0.05, 0.1) is 7.11 Å². The van der Waals surface area contributed by atoms with Crippen molar-refractivity contribution in [2.75, 3.05) is 20.2 Å². The summed E-state index contributed by atoms with van der Waals surface area (Å²) >= 11 is 0. The predicted molar refractivity (Wildman–Crippen MR) is 67.1 cm³/mol. The molecule has 17 heavy (non-hydrogen) atoms. The van der Waals surface area contributed by atoms with Gasteiger partial charge >= 0.3 is 0 Å². The van der Waals surface area contributed by atoms with Crippen molar-refractivity contribution in [2.45, 2.75) is 19.4 Å². The lowest BCUT2D eigenvalue weighted by Crippen LogP contribution is -2.35. The molecule has 0 radical (unpaired) electrons. The molecular weight excluding hydrogens is 214 g/mol. The summed E-state index contributed by atoms with van der Waals surface area (Å²) in [6.07, 6.45) is 3.27. The minimum absolute atomic E-state index is 0.224. The second-order valence-corrected chi connectivity index (χ2v) is 4.62. The molecule has 1 unspecified atom stereocenters. The molecule has 0 bridgehead atoms. The largest absolute Gasteiger partial charge is 0.497 e. The molecule has 1 aromatic carbocycles. The number of carbonyl (C=O) groups excluding carboxylic acids is 1. The van der Waals surface area contributed by atoms with Crippen molar-refractivity contribution >= 4 is 6.29 Å². The van der Waals surface area contributed by atoms with Gasteiger partial charge < -0.3 is 9.53 Å². The first-order valence-corrected chi connectivity index (χ1v) is 6.12. The number of methoxy groups -OCH3 is 1. The van der Waals surface area contributed by atoms with E-state index in [1.54, 1.807) is 7.11 Å². The molecular formula is C14H19NO2. The minimum atomic E-state index is 0.224. The topological polar surface area (TPSA) is 29.5 Å². The van der Waals surface area contributed by atoms with Crippen LogP contribution in [0.1, 0.15) is 18.4 Å². The number of nitrogens with zero attached hydrogens (tertiary/aromatic N) is 1. The lowest BCUT2D eigenvalue weighted by Gasteiger charge is -2.30. The third kappa shape index (κ3) is 3.30. The summed E-state index contributed by atoms with van der Waals surface area (Å²) < 4.78 is 5.13. The van der Waals surface area contributed by atoms with Crippen molar-refractivity contribution in [3.8, 4) is 5.75 Å². The molecule has 3 nitrogen and oxygen atoms in total. The van der Waals surface area contributed by atoms with Crippen LogP contribution in [0.15, 0.2) is 24.3 Å². The molecule has 1 heterocycles. The van der Waals surface area contributed by atoms with Crippen molar-refractivity contribution in [1.29, 1.82) is 0 Å². The lowest BCUT2D eigenvalue weighted by molar-refractivity contribution is -0.112. The van der Waals surface area contributed by atoms with Gasteiger partial charge in [-0.3, -0.25) is 4.90 Å². The first kappa shape index (κ1) is 12.1. The van der Waals surface area contributed by atoms with Crippen molar-refractivity contribution < 1.29 is 9.53 Å². The molecule has 1 fully saturated rings. The highest BCUT2D eigenvalue weighted by Gasteiger charge is 2.18. The molecule has 1 saturated heterocycles. The smallest absolute Gasteiger partial charge is 0.124 e. The molecule has 1 atom stereocenters. The Bertz CT molecular complexity index is 361. The fourth-order valence-corrected chi connectivity index (χ4v) is 2.34. The number of benzene rings is 1. The Labute approximate surface area is 102 Å². The summed E-state index contributed by atoms with van der Waals surface area (Å²) in [7, 11) is 1.67. The standard InChI is InChI=1S/C14H19NO2/c1-17-14-6-4-12(5-7-14)9-15-8-2-3-13(10-15)11-16/h4-7,11,13H,2-3,8-10H2,1H3. The van der Waals surface area contributed by atoms with E-state index >= 15 is 0 Å². The molecule has 1 aliphatic rings. The van der Waals surface area contributed by atoms with Gasteiger partial charge in [-0.15, -0.1) is 0 Å². The highest BCUT2D eigenvalue weighted by molar-refractivity contribution is 5.53. The van der Waals surface area contributed by atoms with Crippen LogP contribution in [-0.2, 0) is 11.3 Å². The van der Waals surface area contributed by atoms with Gasteiger partial charge in [0.1, 0.15) is 12.0 Å². The molecule has 1 aliphatic heterocycles. The van der Waals surface area contributed by atoms with E-state index in [9.17, 15) is 4.79 Å². The Balaban J connectivity index is 1.92. The van der Waals surface area contributed by atoms with Crippen molar-refractivity contribution in [3.05, 3.63) is 29.8 Å².